The molecule has 6 heteroatoms. The minimum absolute atomic E-state index is 0.156. The van der Waals surface area contributed by atoms with Crippen LogP contribution in [0.1, 0.15) is 22.0 Å². The van der Waals surface area contributed by atoms with Crippen LogP contribution < -0.4 is 9.47 Å². The Balaban J connectivity index is 2.09. The molecular weight excluding hydrogens is 296 g/mol. The second-order valence-corrected chi connectivity index (χ2v) is 5.06. The third-order valence-electron chi connectivity index (χ3n) is 3.49. The molecule has 0 aliphatic heterocycles. The van der Waals surface area contributed by atoms with E-state index in [0.29, 0.717) is 22.6 Å². The van der Waals surface area contributed by atoms with Gasteiger partial charge in [0.25, 0.3) is 5.91 Å². The molecule has 1 atom stereocenters. The molecule has 1 heterocycles. The number of ether oxygens (including phenoxy) is 2. The normalized spacial score (nSPS) is 11.7. The Hall–Kier alpha value is -2.60. The van der Waals surface area contributed by atoms with E-state index in [2.05, 4.69) is 4.98 Å². The van der Waals surface area contributed by atoms with Crippen molar-refractivity contribution in [3.63, 3.8) is 0 Å². The summed E-state index contributed by atoms with van der Waals surface area (Å²) in [6.07, 6.45) is 2.28. The van der Waals surface area contributed by atoms with E-state index in [0.717, 1.165) is 0 Å². The fourth-order valence-electron chi connectivity index (χ4n) is 2.22. The lowest BCUT2D eigenvalue weighted by atomic mass is 10.1. The summed E-state index contributed by atoms with van der Waals surface area (Å²) in [5.41, 5.74) is 1.13. The van der Waals surface area contributed by atoms with Gasteiger partial charge in [-0.2, -0.15) is 0 Å². The minimum atomic E-state index is -0.833. The van der Waals surface area contributed by atoms with E-state index in [4.69, 9.17) is 9.47 Å². The molecule has 6 nitrogen and oxygen atoms in total. The molecule has 122 valence electrons. The number of aromatic nitrogens is 1. The summed E-state index contributed by atoms with van der Waals surface area (Å²) in [5.74, 6) is 0.922. The maximum atomic E-state index is 12.3. The van der Waals surface area contributed by atoms with E-state index >= 15 is 0 Å². The molecule has 0 fully saturated rings. The van der Waals surface area contributed by atoms with E-state index in [1.165, 1.54) is 18.2 Å². The number of rotatable bonds is 6. The summed E-state index contributed by atoms with van der Waals surface area (Å²) in [6.45, 7) is 0.156. The summed E-state index contributed by atoms with van der Waals surface area (Å²) in [6, 6.07) is 8.56. The zero-order chi connectivity index (χ0) is 16.8. The molecule has 0 saturated carbocycles. The lowest BCUT2D eigenvalue weighted by Gasteiger charge is -2.21. The van der Waals surface area contributed by atoms with Gasteiger partial charge >= 0.3 is 0 Å². The molecule has 0 saturated heterocycles. The Bertz CT molecular complexity index is 661. The first-order valence-corrected chi connectivity index (χ1v) is 7.12. The summed E-state index contributed by atoms with van der Waals surface area (Å²) < 4.78 is 10.4. The van der Waals surface area contributed by atoms with Crippen LogP contribution in [0.5, 0.6) is 11.5 Å². The second kappa shape index (κ2) is 7.60. The minimum Gasteiger partial charge on any atom is -0.493 e. The average molecular weight is 316 g/mol. The Kier molecular flexibility index (Phi) is 5.54. The van der Waals surface area contributed by atoms with Crippen LogP contribution in [-0.2, 0) is 0 Å². The topological polar surface area (TPSA) is 71.9 Å². The van der Waals surface area contributed by atoms with Crippen LogP contribution in [0.2, 0.25) is 0 Å². The molecule has 1 N–H and O–H groups in total. The molecule has 0 aliphatic carbocycles. The molecule has 2 aromatic rings. The lowest BCUT2D eigenvalue weighted by molar-refractivity contribution is 0.0680. The highest BCUT2D eigenvalue weighted by Gasteiger charge is 2.18. The third kappa shape index (κ3) is 3.98. The number of methoxy groups -OCH3 is 2. The van der Waals surface area contributed by atoms with Crippen molar-refractivity contribution in [2.45, 2.75) is 6.10 Å². The number of benzene rings is 1. The summed E-state index contributed by atoms with van der Waals surface area (Å²) >= 11 is 0. The van der Waals surface area contributed by atoms with Crippen LogP contribution in [0.4, 0.5) is 0 Å². The zero-order valence-corrected chi connectivity index (χ0v) is 13.4. The van der Waals surface area contributed by atoms with Gasteiger partial charge in [-0.15, -0.1) is 0 Å². The smallest absolute Gasteiger partial charge is 0.255 e. The van der Waals surface area contributed by atoms with Crippen molar-refractivity contribution in [1.29, 1.82) is 0 Å². The predicted molar refractivity (Wildman–Crippen MR) is 85.7 cm³/mol. The van der Waals surface area contributed by atoms with Gasteiger partial charge in [-0.05, 0) is 29.8 Å². The van der Waals surface area contributed by atoms with Crippen LogP contribution in [0, 0.1) is 0 Å². The van der Waals surface area contributed by atoms with Crippen LogP contribution in [0.3, 0.4) is 0 Å². The zero-order valence-electron chi connectivity index (χ0n) is 13.4. The number of hydrogen-bond donors (Lipinski definition) is 1. The Morgan fingerprint density at radius 3 is 2.61 bits per heavy atom. The number of aliphatic hydroxyl groups excluding tert-OH is 1. The standard InChI is InChI=1S/C17H20N2O4/c1-19(17(21)13-5-4-8-18-10-13)11-14(20)12-6-7-15(22-2)16(9-12)23-3/h4-10,14,20H,11H2,1-3H3. The monoisotopic (exact) mass is 316 g/mol. The number of carbonyl (C=O) groups excluding carboxylic acids is 1. The molecule has 0 bridgehead atoms. The van der Waals surface area contributed by atoms with Gasteiger partial charge in [0.15, 0.2) is 11.5 Å². The maximum Gasteiger partial charge on any atom is 0.255 e. The molecule has 23 heavy (non-hydrogen) atoms. The van der Waals surface area contributed by atoms with Crippen molar-refractivity contribution in [2.75, 3.05) is 27.8 Å². The summed E-state index contributed by atoms with van der Waals surface area (Å²) in [5, 5.41) is 10.4. The first kappa shape index (κ1) is 16.8. The van der Waals surface area contributed by atoms with Crippen molar-refractivity contribution in [1.82, 2.24) is 9.88 Å². The Morgan fingerprint density at radius 2 is 2.00 bits per heavy atom. The summed E-state index contributed by atoms with van der Waals surface area (Å²) in [7, 11) is 4.72. The molecule has 1 unspecified atom stereocenters. The first-order chi connectivity index (χ1) is 11.1. The maximum absolute atomic E-state index is 12.3. The quantitative estimate of drug-likeness (QED) is 0.881. The van der Waals surface area contributed by atoms with Gasteiger partial charge in [-0.25, -0.2) is 0 Å². The fourth-order valence-corrected chi connectivity index (χ4v) is 2.22. The number of aliphatic hydroxyl groups is 1. The van der Waals surface area contributed by atoms with Crippen LogP contribution in [0.25, 0.3) is 0 Å². The van der Waals surface area contributed by atoms with Gasteiger partial charge in [0.2, 0.25) is 0 Å². The molecule has 1 aromatic heterocycles. The van der Waals surface area contributed by atoms with Gasteiger partial charge in [0, 0.05) is 19.4 Å². The number of nitrogens with zero attached hydrogens (tertiary/aromatic N) is 2. The van der Waals surface area contributed by atoms with E-state index in [9.17, 15) is 9.90 Å². The van der Waals surface area contributed by atoms with Crippen molar-refractivity contribution >= 4 is 5.91 Å². The van der Waals surface area contributed by atoms with E-state index in [1.807, 2.05) is 0 Å². The molecule has 2 rings (SSSR count). The number of pyridine rings is 1. The van der Waals surface area contributed by atoms with Crippen molar-refractivity contribution < 1.29 is 19.4 Å². The number of amides is 1. The van der Waals surface area contributed by atoms with Gasteiger partial charge in [-0.1, -0.05) is 6.07 Å². The number of likely N-dealkylation sites (N-methyl/N-ethyl adjacent to an activating group) is 1. The molecule has 0 radical (unpaired) electrons. The van der Waals surface area contributed by atoms with Gasteiger partial charge in [0.1, 0.15) is 0 Å². The van der Waals surface area contributed by atoms with Crippen molar-refractivity contribution in [2.24, 2.45) is 0 Å². The fraction of sp³-hybridized carbons (Fsp3) is 0.294. The third-order valence-corrected chi connectivity index (χ3v) is 3.49. The average Bonchev–Trinajstić information content (AvgIpc) is 2.60. The molecule has 0 spiro atoms. The van der Waals surface area contributed by atoms with Gasteiger partial charge in [-0.3, -0.25) is 9.78 Å². The molecular formula is C17H20N2O4. The highest BCUT2D eigenvalue weighted by Crippen LogP contribution is 2.30. The highest BCUT2D eigenvalue weighted by molar-refractivity contribution is 5.93. The van der Waals surface area contributed by atoms with E-state index < -0.39 is 6.10 Å². The van der Waals surface area contributed by atoms with E-state index in [1.54, 1.807) is 50.7 Å². The van der Waals surface area contributed by atoms with Gasteiger partial charge < -0.3 is 19.5 Å². The number of carbonyl (C=O) groups is 1. The van der Waals surface area contributed by atoms with E-state index in [-0.39, 0.29) is 12.5 Å². The highest BCUT2D eigenvalue weighted by atomic mass is 16.5. The molecule has 0 aliphatic rings. The predicted octanol–water partition coefficient (Wildman–Crippen LogP) is 1.90. The largest absolute Gasteiger partial charge is 0.493 e. The second-order valence-electron chi connectivity index (χ2n) is 5.06. The van der Waals surface area contributed by atoms with Crippen LogP contribution in [-0.4, -0.2) is 48.7 Å². The Morgan fingerprint density at radius 1 is 1.26 bits per heavy atom. The molecule has 1 amide bonds. The van der Waals surface area contributed by atoms with Crippen molar-refractivity contribution in [3.8, 4) is 11.5 Å². The SMILES string of the molecule is COc1ccc(C(O)CN(C)C(=O)c2cccnc2)cc1OC. The Labute approximate surface area is 135 Å². The van der Waals surface area contributed by atoms with Gasteiger partial charge in [0.05, 0.1) is 32.4 Å². The summed E-state index contributed by atoms with van der Waals surface area (Å²) in [4.78, 5) is 17.6. The lowest BCUT2D eigenvalue weighted by Crippen LogP contribution is -2.31. The van der Waals surface area contributed by atoms with Crippen molar-refractivity contribution in [3.05, 3.63) is 53.9 Å². The number of hydrogen-bond acceptors (Lipinski definition) is 5. The first-order valence-electron chi connectivity index (χ1n) is 7.12. The molecule has 1 aromatic carbocycles. The van der Waals surface area contributed by atoms with Crippen LogP contribution >= 0.6 is 0 Å². The van der Waals surface area contributed by atoms with Crippen LogP contribution in [0.15, 0.2) is 42.7 Å².